The van der Waals surface area contributed by atoms with E-state index in [1.54, 1.807) is 12.1 Å². The smallest absolute Gasteiger partial charge is 0.147 e. The Balaban J connectivity index is 2.58. The number of aliphatic hydroxyl groups is 2. The molecule has 108 valence electrons. The number of halogens is 2. The van der Waals surface area contributed by atoms with Gasteiger partial charge in [0.15, 0.2) is 0 Å². The van der Waals surface area contributed by atoms with Crippen molar-refractivity contribution in [2.75, 3.05) is 13.2 Å². The van der Waals surface area contributed by atoms with Gasteiger partial charge in [-0.2, -0.15) is 0 Å². The molecule has 6 heteroatoms. The van der Waals surface area contributed by atoms with Crippen LogP contribution in [0.25, 0.3) is 0 Å². The molecule has 1 unspecified atom stereocenters. The van der Waals surface area contributed by atoms with Crippen LogP contribution in [0.2, 0.25) is 0 Å². The molecule has 2 N–H and O–H groups in total. The van der Waals surface area contributed by atoms with Crippen LogP contribution in [0.1, 0.15) is 19.4 Å². The van der Waals surface area contributed by atoms with Gasteiger partial charge in [-0.15, -0.1) is 0 Å². The third-order valence-corrected chi connectivity index (χ3v) is 3.46. The van der Waals surface area contributed by atoms with Crippen LogP contribution in [-0.4, -0.2) is 35.6 Å². The first-order valence-corrected chi connectivity index (χ1v) is 7.54. The Bertz CT molecular complexity index is 387. The lowest BCUT2D eigenvalue weighted by molar-refractivity contribution is -0.0124. The predicted molar refractivity (Wildman–Crippen MR) is 80.4 cm³/mol. The Morgan fingerprint density at radius 3 is 2.21 bits per heavy atom. The third-order valence-electron chi connectivity index (χ3n) is 2.28. The SMILES string of the molecule is CC(C)OCC(O)COc1c(Br)cc(CO)cc1Br. The van der Waals surface area contributed by atoms with E-state index < -0.39 is 6.10 Å². The molecule has 4 nitrogen and oxygen atoms in total. The lowest BCUT2D eigenvalue weighted by Crippen LogP contribution is -2.25. The summed E-state index contributed by atoms with van der Waals surface area (Å²) in [5.41, 5.74) is 0.773. The largest absolute Gasteiger partial charge is 0.488 e. The average Bonchev–Trinajstić information content (AvgIpc) is 2.34. The quantitative estimate of drug-likeness (QED) is 0.742. The van der Waals surface area contributed by atoms with E-state index in [1.165, 1.54) is 0 Å². The van der Waals surface area contributed by atoms with Crippen LogP contribution in [0.4, 0.5) is 0 Å². The molecule has 0 fully saturated rings. The van der Waals surface area contributed by atoms with Crippen LogP contribution in [0.3, 0.4) is 0 Å². The van der Waals surface area contributed by atoms with Crippen molar-refractivity contribution < 1.29 is 19.7 Å². The van der Waals surface area contributed by atoms with Gasteiger partial charge in [-0.1, -0.05) is 0 Å². The van der Waals surface area contributed by atoms with Gasteiger partial charge in [-0.05, 0) is 63.4 Å². The summed E-state index contributed by atoms with van der Waals surface area (Å²) in [6.45, 7) is 4.16. The predicted octanol–water partition coefficient (Wildman–Crippen LogP) is 2.87. The minimum absolute atomic E-state index is 0.0394. The van der Waals surface area contributed by atoms with Crippen LogP contribution < -0.4 is 4.74 Å². The summed E-state index contributed by atoms with van der Waals surface area (Å²) in [7, 11) is 0. The van der Waals surface area contributed by atoms with E-state index in [0.29, 0.717) is 5.75 Å². The van der Waals surface area contributed by atoms with Gasteiger partial charge in [0.25, 0.3) is 0 Å². The Morgan fingerprint density at radius 1 is 1.16 bits per heavy atom. The monoisotopic (exact) mass is 396 g/mol. The molecule has 0 saturated heterocycles. The molecule has 19 heavy (non-hydrogen) atoms. The lowest BCUT2D eigenvalue weighted by atomic mass is 10.2. The Labute approximate surface area is 130 Å². The summed E-state index contributed by atoms with van der Waals surface area (Å²) in [6, 6.07) is 3.55. The highest BCUT2D eigenvalue weighted by Crippen LogP contribution is 2.34. The first-order valence-electron chi connectivity index (χ1n) is 5.95. The fourth-order valence-corrected chi connectivity index (χ4v) is 2.88. The highest BCUT2D eigenvalue weighted by Gasteiger charge is 2.12. The normalized spacial score (nSPS) is 12.8. The molecule has 0 heterocycles. The standard InChI is InChI=1S/C13H18Br2O4/c1-8(2)18-6-10(17)7-19-13-11(14)3-9(5-16)4-12(13)15/h3-4,8,10,16-17H,5-7H2,1-2H3. The summed E-state index contributed by atoms with van der Waals surface area (Å²) < 4.78 is 12.3. The average molecular weight is 398 g/mol. The maximum absolute atomic E-state index is 9.72. The number of hydrogen-bond acceptors (Lipinski definition) is 4. The molecular weight excluding hydrogens is 380 g/mol. The Kier molecular flexibility index (Phi) is 7.31. The Morgan fingerprint density at radius 2 is 1.74 bits per heavy atom. The molecule has 0 spiro atoms. The molecule has 1 aromatic carbocycles. The molecule has 1 rings (SSSR count). The second kappa shape index (κ2) is 8.21. The zero-order valence-corrected chi connectivity index (χ0v) is 14.1. The summed E-state index contributed by atoms with van der Waals surface area (Å²) >= 11 is 6.74. The first kappa shape index (κ1) is 16.9. The number of benzene rings is 1. The fraction of sp³-hybridized carbons (Fsp3) is 0.538. The van der Waals surface area contributed by atoms with Gasteiger partial charge in [0.1, 0.15) is 18.5 Å². The lowest BCUT2D eigenvalue weighted by Gasteiger charge is -2.16. The van der Waals surface area contributed by atoms with Gasteiger partial charge in [-0.25, -0.2) is 0 Å². The second-order valence-corrected chi connectivity index (χ2v) is 6.10. The van der Waals surface area contributed by atoms with E-state index in [4.69, 9.17) is 14.6 Å². The van der Waals surface area contributed by atoms with Crippen LogP contribution in [0.5, 0.6) is 5.75 Å². The number of rotatable bonds is 7. The Hall–Kier alpha value is -0.140. The zero-order chi connectivity index (χ0) is 14.4. The number of hydrogen-bond donors (Lipinski definition) is 2. The van der Waals surface area contributed by atoms with Crippen molar-refractivity contribution in [3.63, 3.8) is 0 Å². The molecule has 0 amide bonds. The van der Waals surface area contributed by atoms with Crippen molar-refractivity contribution in [1.82, 2.24) is 0 Å². The summed E-state index contributed by atoms with van der Waals surface area (Å²) in [5.74, 6) is 0.598. The van der Waals surface area contributed by atoms with E-state index >= 15 is 0 Å². The minimum atomic E-state index is -0.682. The van der Waals surface area contributed by atoms with Crippen molar-refractivity contribution in [3.05, 3.63) is 26.6 Å². The molecule has 0 bridgehead atoms. The van der Waals surface area contributed by atoms with E-state index in [0.717, 1.165) is 14.5 Å². The van der Waals surface area contributed by atoms with Gasteiger partial charge in [0, 0.05) is 0 Å². The fourth-order valence-electron chi connectivity index (χ4n) is 1.37. The van der Waals surface area contributed by atoms with Crippen molar-refractivity contribution in [3.8, 4) is 5.75 Å². The van der Waals surface area contributed by atoms with E-state index in [9.17, 15) is 5.11 Å². The molecule has 0 aliphatic heterocycles. The highest BCUT2D eigenvalue weighted by molar-refractivity contribution is 9.11. The van der Waals surface area contributed by atoms with Gasteiger partial charge in [0.2, 0.25) is 0 Å². The van der Waals surface area contributed by atoms with Crippen LogP contribution in [-0.2, 0) is 11.3 Å². The number of aliphatic hydroxyl groups excluding tert-OH is 2. The van der Waals surface area contributed by atoms with Crippen molar-refractivity contribution >= 4 is 31.9 Å². The molecule has 0 aliphatic rings. The number of ether oxygens (including phenoxy) is 2. The molecule has 0 aromatic heterocycles. The molecule has 0 aliphatic carbocycles. The van der Waals surface area contributed by atoms with Crippen molar-refractivity contribution in [2.24, 2.45) is 0 Å². The maximum atomic E-state index is 9.72. The highest BCUT2D eigenvalue weighted by atomic mass is 79.9. The third kappa shape index (κ3) is 5.79. The molecular formula is C13H18Br2O4. The van der Waals surface area contributed by atoms with Gasteiger partial charge in [0.05, 0.1) is 28.3 Å². The molecule has 1 aromatic rings. The topological polar surface area (TPSA) is 58.9 Å². The molecule has 0 saturated carbocycles. The minimum Gasteiger partial charge on any atom is -0.488 e. The van der Waals surface area contributed by atoms with Crippen LogP contribution >= 0.6 is 31.9 Å². The van der Waals surface area contributed by atoms with Crippen molar-refractivity contribution in [1.29, 1.82) is 0 Å². The van der Waals surface area contributed by atoms with Crippen molar-refractivity contribution in [2.45, 2.75) is 32.7 Å². The second-order valence-electron chi connectivity index (χ2n) is 4.39. The van der Waals surface area contributed by atoms with Gasteiger partial charge >= 0.3 is 0 Å². The molecule has 0 radical (unpaired) electrons. The summed E-state index contributed by atoms with van der Waals surface area (Å²) in [5, 5.41) is 18.8. The maximum Gasteiger partial charge on any atom is 0.147 e. The van der Waals surface area contributed by atoms with E-state index in [-0.39, 0.29) is 25.9 Å². The zero-order valence-electron chi connectivity index (χ0n) is 10.9. The van der Waals surface area contributed by atoms with E-state index in [2.05, 4.69) is 31.9 Å². The van der Waals surface area contributed by atoms with Crippen LogP contribution in [0.15, 0.2) is 21.1 Å². The van der Waals surface area contributed by atoms with Crippen LogP contribution in [0, 0.1) is 0 Å². The van der Waals surface area contributed by atoms with Gasteiger partial charge < -0.3 is 19.7 Å². The molecule has 1 atom stereocenters. The van der Waals surface area contributed by atoms with E-state index in [1.807, 2.05) is 13.8 Å². The summed E-state index contributed by atoms with van der Waals surface area (Å²) in [4.78, 5) is 0. The first-order chi connectivity index (χ1) is 8.93. The van der Waals surface area contributed by atoms with Gasteiger partial charge in [-0.3, -0.25) is 0 Å². The summed E-state index contributed by atoms with van der Waals surface area (Å²) in [6.07, 6.45) is -0.601.